The molecule has 102 valence electrons. The van der Waals surface area contributed by atoms with Crippen molar-refractivity contribution in [1.82, 2.24) is 4.90 Å². The monoisotopic (exact) mass is 250 g/mol. The van der Waals surface area contributed by atoms with Crippen molar-refractivity contribution < 1.29 is 4.74 Å². The fourth-order valence-electron chi connectivity index (χ4n) is 2.49. The Kier molecular flexibility index (Phi) is 6.33. The number of hydrogen-bond donors (Lipinski definition) is 1. The highest BCUT2D eigenvalue weighted by molar-refractivity contribution is 5.36. The lowest BCUT2D eigenvalue weighted by Gasteiger charge is -2.29. The van der Waals surface area contributed by atoms with E-state index >= 15 is 0 Å². The summed E-state index contributed by atoms with van der Waals surface area (Å²) in [5.41, 5.74) is 10.00. The standard InChI is InChI=1S/C15H26N2O/c1-12-7-5-8-13(2)15(12)14(11-16)17(3)9-6-10-18-4/h5,7-8,14H,6,9-11,16H2,1-4H3. The molecule has 3 heteroatoms. The summed E-state index contributed by atoms with van der Waals surface area (Å²) in [5, 5.41) is 0. The number of ether oxygens (including phenoxy) is 1. The van der Waals surface area contributed by atoms with Crippen LogP contribution in [0.2, 0.25) is 0 Å². The van der Waals surface area contributed by atoms with Crippen molar-refractivity contribution in [3.8, 4) is 0 Å². The van der Waals surface area contributed by atoms with Gasteiger partial charge in [-0.15, -0.1) is 0 Å². The average molecular weight is 250 g/mol. The molecule has 0 heterocycles. The summed E-state index contributed by atoms with van der Waals surface area (Å²) < 4.78 is 5.10. The fraction of sp³-hybridized carbons (Fsp3) is 0.600. The highest BCUT2D eigenvalue weighted by Gasteiger charge is 2.18. The molecule has 18 heavy (non-hydrogen) atoms. The summed E-state index contributed by atoms with van der Waals surface area (Å²) in [6.45, 7) is 6.77. The van der Waals surface area contributed by atoms with Crippen molar-refractivity contribution >= 4 is 0 Å². The van der Waals surface area contributed by atoms with E-state index in [0.717, 1.165) is 19.6 Å². The summed E-state index contributed by atoms with van der Waals surface area (Å²) in [5.74, 6) is 0. The molecule has 0 saturated heterocycles. The molecule has 1 unspecified atom stereocenters. The van der Waals surface area contributed by atoms with Crippen LogP contribution in [0.25, 0.3) is 0 Å². The first kappa shape index (κ1) is 15.2. The van der Waals surface area contributed by atoms with Gasteiger partial charge in [-0.1, -0.05) is 18.2 Å². The molecule has 0 radical (unpaired) electrons. The molecule has 0 spiro atoms. The largest absolute Gasteiger partial charge is 0.385 e. The molecule has 0 amide bonds. The normalized spacial score (nSPS) is 13.0. The van der Waals surface area contributed by atoms with Crippen LogP contribution >= 0.6 is 0 Å². The second kappa shape index (κ2) is 7.52. The molecule has 3 nitrogen and oxygen atoms in total. The van der Waals surface area contributed by atoms with E-state index in [2.05, 4.69) is 44.0 Å². The Labute approximate surface area is 111 Å². The van der Waals surface area contributed by atoms with Crippen LogP contribution in [0.3, 0.4) is 0 Å². The van der Waals surface area contributed by atoms with E-state index < -0.39 is 0 Å². The van der Waals surface area contributed by atoms with Gasteiger partial charge in [0.25, 0.3) is 0 Å². The van der Waals surface area contributed by atoms with Gasteiger partial charge in [0.05, 0.1) is 0 Å². The smallest absolute Gasteiger partial charge is 0.0474 e. The van der Waals surface area contributed by atoms with Gasteiger partial charge in [-0.2, -0.15) is 0 Å². The first-order valence-corrected chi connectivity index (χ1v) is 6.57. The second-order valence-corrected chi connectivity index (χ2v) is 4.88. The highest BCUT2D eigenvalue weighted by Crippen LogP contribution is 2.25. The van der Waals surface area contributed by atoms with Crippen LogP contribution in [0.1, 0.15) is 29.2 Å². The lowest BCUT2D eigenvalue weighted by atomic mass is 9.95. The van der Waals surface area contributed by atoms with Crippen molar-refractivity contribution in [1.29, 1.82) is 0 Å². The minimum absolute atomic E-state index is 0.294. The first-order chi connectivity index (χ1) is 8.61. The van der Waals surface area contributed by atoms with Crippen molar-refractivity contribution in [3.05, 3.63) is 34.9 Å². The van der Waals surface area contributed by atoms with E-state index in [9.17, 15) is 0 Å². The Balaban J connectivity index is 2.82. The Morgan fingerprint density at radius 2 is 1.89 bits per heavy atom. The summed E-state index contributed by atoms with van der Waals surface area (Å²) >= 11 is 0. The quantitative estimate of drug-likeness (QED) is 0.755. The molecular formula is C15H26N2O. The van der Waals surface area contributed by atoms with Gasteiger partial charge >= 0.3 is 0 Å². The average Bonchev–Trinajstić information content (AvgIpc) is 2.34. The number of hydrogen-bond acceptors (Lipinski definition) is 3. The molecule has 1 rings (SSSR count). The first-order valence-electron chi connectivity index (χ1n) is 6.57. The molecule has 2 N–H and O–H groups in total. The van der Waals surface area contributed by atoms with Crippen molar-refractivity contribution in [3.63, 3.8) is 0 Å². The molecule has 0 saturated carbocycles. The third kappa shape index (κ3) is 3.80. The summed E-state index contributed by atoms with van der Waals surface area (Å²) in [6.07, 6.45) is 1.04. The van der Waals surface area contributed by atoms with Crippen molar-refractivity contribution in [2.45, 2.75) is 26.3 Å². The highest BCUT2D eigenvalue weighted by atomic mass is 16.5. The van der Waals surface area contributed by atoms with Crippen LogP contribution in [0.4, 0.5) is 0 Å². The van der Waals surface area contributed by atoms with E-state index in [4.69, 9.17) is 10.5 Å². The number of rotatable bonds is 7. The van der Waals surface area contributed by atoms with E-state index in [1.807, 2.05) is 0 Å². The van der Waals surface area contributed by atoms with Crippen LogP contribution in [0, 0.1) is 13.8 Å². The zero-order valence-corrected chi connectivity index (χ0v) is 12.1. The maximum Gasteiger partial charge on any atom is 0.0474 e. The van der Waals surface area contributed by atoms with Crippen LogP contribution < -0.4 is 5.73 Å². The number of benzene rings is 1. The topological polar surface area (TPSA) is 38.5 Å². The number of aryl methyl sites for hydroxylation is 2. The lowest BCUT2D eigenvalue weighted by Crippen LogP contribution is -2.32. The Bertz CT molecular complexity index is 345. The van der Waals surface area contributed by atoms with Gasteiger partial charge in [0.1, 0.15) is 0 Å². The van der Waals surface area contributed by atoms with E-state index in [-0.39, 0.29) is 0 Å². The van der Waals surface area contributed by atoms with Gasteiger partial charge in [0, 0.05) is 32.8 Å². The van der Waals surface area contributed by atoms with Crippen LogP contribution in [-0.4, -0.2) is 38.8 Å². The van der Waals surface area contributed by atoms with Crippen molar-refractivity contribution in [2.24, 2.45) is 5.73 Å². The molecule has 0 bridgehead atoms. The Hall–Kier alpha value is -0.900. The van der Waals surface area contributed by atoms with Crippen LogP contribution in [-0.2, 0) is 4.74 Å². The van der Waals surface area contributed by atoms with Crippen LogP contribution in [0.5, 0.6) is 0 Å². The third-order valence-corrected chi connectivity index (χ3v) is 3.49. The molecule has 1 atom stereocenters. The van der Waals surface area contributed by atoms with E-state index in [1.54, 1.807) is 7.11 Å². The minimum atomic E-state index is 0.294. The molecule has 1 aromatic rings. The van der Waals surface area contributed by atoms with Gasteiger partial charge in [-0.3, -0.25) is 4.90 Å². The third-order valence-electron chi connectivity index (χ3n) is 3.49. The van der Waals surface area contributed by atoms with Gasteiger partial charge < -0.3 is 10.5 Å². The SMILES string of the molecule is COCCCN(C)C(CN)c1c(C)cccc1C. The van der Waals surface area contributed by atoms with Gasteiger partial charge in [-0.05, 0) is 44.0 Å². The maximum atomic E-state index is 5.97. The van der Waals surface area contributed by atoms with Crippen molar-refractivity contribution in [2.75, 3.05) is 33.9 Å². The number of methoxy groups -OCH3 is 1. The molecule has 0 aliphatic carbocycles. The summed E-state index contributed by atoms with van der Waals surface area (Å²) in [7, 11) is 3.88. The Morgan fingerprint density at radius 3 is 2.39 bits per heavy atom. The van der Waals surface area contributed by atoms with Gasteiger partial charge in [-0.25, -0.2) is 0 Å². The molecule has 0 aliphatic rings. The minimum Gasteiger partial charge on any atom is -0.385 e. The summed E-state index contributed by atoms with van der Waals surface area (Å²) in [6, 6.07) is 6.72. The van der Waals surface area contributed by atoms with Crippen LogP contribution in [0.15, 0.2) is 18.2 Å². The second-order valence-electron chi connectivity index (χ2n) is 4.88. The summed E-state index contributed by atoms with van der Waals surface area (Å²) in [4.78, 5) is 2.33. The van der Waals surface area contributed by atoms with Gasteiger partial charge in [0.15, 0.2) is 0 Å². The maximum absolute atomic E-state index is 5.97. The lowest BCUT2D eigenvalue weighted by molar-refractivity contribution is 0.166. The zero-order valence-electron chi connectivity index (χ0n) is 12.1. The molecule has 1 aromatic carbocycles. The number of nitrogens with zero attached hydrogens (tertiary/aromatic N) is 1. The fourth-order valence-corrected chi connectivity index (χ4v) is 2.49. The van der Waals surface area contributed by atoms with E-state index in [0.29, 0.717) is 12.6 Å². The van der Waals surface area contributed by atoms with Gasteiger partial charge in [0.2, 0.25) is 0 Å². The molecule has 0 aliphatic heterocycles. The predicted octanol–water partition coefficient (Wildman–Crippen LogP) is 2.27. The molecular weight excluding hydrogens is 224 g/mol. The molecule has 0 fully saturated rings. The predicted molar refractivity (Wildman–Crippen MR) is 76.8 cm³/mol. The zero-order chi connectivity index (χ0) is 13.5. The number of likely N-dealkylation sites (N-methyl/N-ethyl adjacent to an activating group) is 1. The molecule has 0 aromatic heterocycles. The number of nitrogens with two attached hydrogens (primary N) is 1. The Morgan fingerprint density at radius 1 is 1.28 bits per heavy atom. The van der Waals surface area contributed by atoms with E-state index in [1.165, 1.54) is 16.7 Å².